The Morgan fingerprint density at radius 3 is 2.62 bits per heavy atom. The monoisotopic (exact) mass is 226 g/mol. The minimum atomic E-state index is -0.498. The van der Waals surface area contributed by atoms with E-state index < -0.39 is 11.9 Å². The fourth-order valence-electron chi connectivity index (χ4n) is 1.11. The summed E-state index contributed by atoms with van der Waals surface area (Å²) in [5, 5.41) is 6.38. The second kappa shape index (κ2) is 4.65. The molecule has 7 heteroatoms. The van der Waals surface area contributed by atoms with Crippen molar-refractivity contribution < 1.29 is 14.3 Å². The molecule has 1 rings (SSSR count). The van der Waals surface area contributed by atoms with Crippen LogP contribution in [0, 0.1) is 6.92 Å². The number of nitrogens with zero attached hydrogens (tertiary/aromatic N) is 2. The van der Waals surface area contributed by atoms with Crippen LogP contribution in [0.1, 0.15) is 16.2 Å². The Hall–Kier alpha value is -2.05. The zero-order chi connectivity index (χ0) is 12.3. The van der Waals surface area contributed by atoms with Crippen molar-refractivity contribution in [3.8, 4) is 0 Å². The second-order valence-corrected chi connectivity index (χ2v) is 3.35. The highest BCUT2D eigenvalue weighted by atomic mass is 16.5. The van der Waals surface area contributed by atoms with Gasteiger partial charge in [0.2, 0.25) is 0 Å². The summed E-state index contributed by atoms with van der Waals surface area (Å²) in [6.45, 7) is 1.57. The zero-order valence-corrected chi connectivity index (χ0v) is 9.40. The van der Waals surface area contributed by atoms with Gasteiger partial charge in [-0.15, -0.1) is 0 Å². The Labute approximate surface area is 92.6 Å². The van der Waals surface area contributed by atoms with E-state index in [4.69, 9.17) is 5.73 Å². The summed E-state index contributed by atoms with van der Waals surface area (Å²) in [6, 6.07) is 0. The van der Waals surface area contributed by atoms with E-state index in [9.17, 15) is 9.59 Å². The number of hydrogen-bond donors (Lipinski definition) is 2. The van der Waals surface area contributed by atoms with Gasteiger partial charge in [0, 0.05) is 7.05 Å². The number of anilines is 1. The topological polar surface area (TPSA) is 101 Å². The molecule has 0 aliphatic carbocycles. The number of carbonyl (C=O) groups is 2. The third kappa shape index (κ3) is 2.30. The molecule has 0 atom stereocenters. The van der Waals surface area contributed by atoms with Crippen molar-refractivity contribution in [2.24, 2.45) is 0 Å². The number of likely N-dealkylation sites (N-methyl/N-ethyl adjacent to an activating group) is 1. The quantitative estimate of drug-likeness (QED) is 0.679. The number of aromatic nitrogens is 2. The van der Waals surface area contributed by atoms with Crippen molar-refractivity contribution in [3.05, 3.63) is 11.4 Å². The average molecular weight is 226 g/mol. The first-order valence-corrected chi connectivity index (χ1v) is 4.60. The van der Waals surface area contributed by atoms with Crippen molar-refractivity contribution in [2.75, 3.05) is 26.4 Å². The molecular formula is C9H14N4O3. The van der Waals surface area contributed by atoms with E-state index in [0.717, 1.165) is 0 Å². The lowest BCUT2D eigenvalue weighted by Gasteiger charge is -2.14. The molecule has 16 heavy (non-hydrogen) atoms. The maximum atomic E-state index is 11.8. The van der Waals surface area contributed by atoms with E-state index in [1.165, 1.54) is 19.1 Å². The van der Waals surface area contributed by atoms with E-state index >= 15 is 0 Å². The highest BCUT2D eigenvalue weighted by molar-refractivity contribution is 5.98. The SMILES string of the molecule is COC(=O)CN(C)C(=O)c1n[nH]c(C)c1N. The number of methoxy groups -OCH3 is 1. The molecular weight excluding hydrogens is 212 g/mol. The third-order valence-electron chi connectivity index (χ3n) is 2.14. The van der Waals surface area contributed by atoms with Gasteiger partial charge >= 0.3 is 5.97 Å². The summed E-state index contributed by atoms with van der Waals surface area (Å²) in [7, 11) is 2.73. The first-order valence-electron chi connectivity index (χ1n) is 4.60. The van der Waals surface area contributed by atoms with Gasteiger partial charge in [0.1, 0.15) is 6.54 Å². The molecule has 7 nitrogen and oxygen atoms in total. The first kappa shape index (κ1) is 12.0. The molecule has 3 N–H and O–H groups in total. The van der Waals surface area contributed by atoms with Crippen molar-refractivity contribution in [1.29, 1.82) is 0 Å². The van der Waals surface area contributed by atoms with Crippen LogP contribution in [0.3, 0.4) is 0 Å². The van der Waals surface area contributed by atoms with Crippen LogP contribution in [0.2, 0.25) is 0 Å². The van der Waals surface area contributed by atoms with Crippen molar-refractivity contribution in [1.82, 2.24) is 15.1 Å². The van der Waals surface area contributed by atoms with Crippen LogP contribution in [0.15, 0.2) is 0 Å². The third-order valence-corrected chi connectivity index (χ3v) is 2.14. The number of hydrogen-bond acceptors (Lipinski definition) is 5. The minimum absolute atomic E-state index is 0.115. The molecule has 1 heterocycles. The van der Waals surface area contributed by atoms with Gasteiger partial charge in [-0.1, -0.05) is 0 Å². The molecule has 0 aliphatic heterocycles. The van der Waals surface area contributed by atoms with Crippen molar-refractivity contribution >= 4 is 17.6 Å². The van der Waals surface area contributed by atoms with Gasteiger partial charge in [0.25, 0.3) is 5.91 Å². The van der Waals surface area contributed by atoms with E-state index in [2.05, 4.69) is 14.9 Å². The number of carbonyl (C=O) groups excluding carboxylic acids is 2. The Morgan fingerprint density at radius 1 is 1.56 bits per heavy atom. The lowest BCUT2D eigenvalue weighted by molar-refractivity contribution is -0.141. The summed E-state index contributed by atoms with van der Waals surface area (Å²) in [4.78, 5) is 24.0. The summed E-state index contributed by atoms with van der Waals surface area (Å²) >= 11 is 0. The van der Waals surface area contributed by atoms with Gasteiger partial charge in [0.15, 0.2) is 5.69 Å². The lowest BCUT2D eigenvalue weighted by atomic mass is 10.3. The highest BCUT2D eigenvalue weighted by Gasteiger charge is 2.20. The van der Waals surface area contributed by atoms with E-state index in [1.54, 1.807) is 6.92 Å². The lowest BCUT2D eigenvalue weighted by Crippen LogP contribution is -2.33. The van der Waals surface area contributed by atoms with E-state index in [1.807, 2.05) is 0 Å². The predicted octanol–water partition coefficient (Wildman–Crippen LogP) is -0.455. The number of H-pyrrole nitrogens is 1. The fraction of sp³-hybridized carbons (Fsp3) is 0.444. The second-order valence-electron chi connectivity index (χ2n) is 3.35. The van der Waals surface area contributed by atoms with Crippen molar-refractivity contribution in [2.45, 2.75) is 6.92 Å². The standard InChI is InChI=1S/C9H14N4O3/c1-5-7(10)8(12-11-5)9(15)13(2)4-6(14)16-3/h4,10H2,1-3H3,(H,11,12). The molecule has 0 aliphatic rings. The number of esters is 1. The summed E-state index contributed by atoms with van der Waals surface area (Å²) in [5.41, 5.74) is 6.68. The first-order chi connectivity index (χ1) is 7.47. The van der Waals surface area contributed by atoms with Crippen molar-refractivity contribution in [3.63, 3.8) is 0 Å². The van der Waals surface area contributed by atoms with Crippen LogP contribution in [0.4, 0.5) is 5.69 Å². The molecule has 88 valence electrons. The molecule has 0 unspecified atom stereocenters. The van der Waals surface area contributed by atoms with Crippen LogP contribution in [-0.2, 0) is 9.53 Å². The summed E-state index contributed by atoms with van der Waals surface area (Å²) < 4.78 is 4.45. The molecule has 1 aromatic heterocycles. The summed E-state index contributed by atoms with van der Waals surface area (Å²) in [6.07, 6.45) is 0. The van der Waals surface area contributed by atoms with Crippen LogP contribution >= 0.6 is 0 Å². The largest absolute Gasteiger partial charge is 0.468 e. The maximum Gasteiger partial charge on any atom is 0.325 e. The molecule has 0 saturated heterocycles. The molecule has 0 aromatic carbocycles. The number of amides is 1. The maximum absolute atomic E-state index is 11.8. The molecule has 0 saturated carbocycles. The number of nitrogens with one attached hydrogen (secondary N) is 1. The Balaban J connectivity index is 2.78. The smallest absolute Gasteiger partial charge is 0.325 e. The molecule has 0 fully saturated rings. The number of ether oxygens (including phenoxy) is 1. The van der Waals surface area contributed by atoms with Crippen LogP contribution in [0.5, 0.6) is 0 Å². The summed E-state index contributed by atoms with van der Waals surface area (Å²) in [5.74, 6) is -0.922. The molecule has 0 radical (unpaired) electrons. The Bertz CT molecular complexity index is 413. The van der Waals surface area contributed by atoms with E-state index in [-0.39, 0.29) is 12.2 Å². The molecule has 0 bridgehead atoms. The molecule has 1 amide bonds. The Kier molecular flexibility index (Phi) is 3.49. The van der Waals surface area contributed by atoms with Gasteiger partial charge in [0.05, 0.1) is 18.5 Å². The van der Waals surface area contributed by atoms with Gasteiger partial charge in [-0.05, 0) is 6.92 Å². The zero-order valence-electron chi connectivity index (χ0n) is 9.40. The van der Waals surface area contributed by atoms with Gasteiger partial charge in [-0.25, -0.2) is 0 Å². The van der Waals surface area contributed by atoms with Crippen LogP contribution in [0.25, 0.3) is 0 Å². The fourth-order valence-corrected chi connectivity index (χ4v) is 1.11. The number of rotatable bonds is 3. The van der Waals surface area contributed by atoms with Gasteiger partial charge < -0.3 is 15.4 Å². The Morgan fingerprint density at radius 2 is 2.19 bits per heavy atom. The number of aryl methyl sites for hydroxylation is 1. The van der Waals surface area contributed by atoms with Gasteiger partial charge in [-0.2, -0.15) is 5.10 Å². The number of aromatic amines is 1. The highest BCUT2D eigenvalue weighted by Crippen LogP contribution is 2.13. The normalized spacial score (nSPS) is 9.94. The van der Waals surface area contributed by atoms with E-state index in [0.29, 0.717) is 11.4 Å². The predicted molar refractivity (Wildman–Crippen MR) is 56.7 cm³/mol. The average Bonchev–Trinajstić information content (AvgIpc) is 2.58. The van der Waals surface area contributed by atoms with Crippen LogP contribution < -0.4 is 5.73 Å². The van der Waals surface area contributed by atoms with Crippen LogP contribution in [-0.4, -0.2) is 47.7 Å². The number of nitrogens with two attached hydrogens (primary N) is 1. The molecule has 1 aromatic rings. The molecule has 0 spiro atoms. The van der Waals surface area contributed by atoms with Gasteiger partial charge in [-0.3, -0.25) is 14.7 Å². The minimum Gasteiger partial charge on any atom is -0.468 e. The number of nitrogen functional groups attached to an aromatic ring is 1.